The van der Waals surface area contributed by atoms with E-state index in [1.54, 1.807) is 36.0 Å². The summed E-state index contributed by atoms with van der Waals surface area (Å²) in [6.07, 6.45) is 1.63. The zero-order chi connectivity index (χ0) is 17.8. The van der Waals surface area contributed by atoms with Gasteiger partial charge in [-0.3, -0.25) is 4.79 Å². The Bertz CT molecular complexity index is 910. The van der Waals surface area contributed by atoms with Crippen LogP contribution in [0.5, 0.6) is 5.88 Å². The monoisotopic (exact) mass is 357 g/mol. The van der Waals surface area contributed by atoms with Crippen LogP contribution in [0.3, 0.4) is 0 Å². The van der Waals surface area contributed by atoms with Crippen LogP contribution in [0.15, 0.2) is 42.6 Å². The van der Waals surface area contributed by atoms with Crippen LogP contribution in [-0.4, -0.2) is 33.0 Å². The van der Waals surface area contributed by atoms with Gasteiger partial charge in [-0.15, -0.1) is 5.10 Å². The normalized spacial score (nSPS) is 10.5. The lowest BCUT2D eigenvalue weighted by atomic mass is 10.2. The fourth-order valence-electron chi connectivity index (χ4n) is 2.39. The summed E-state index contributed by atoms with van der Waals surface area (Å²) in [5.41, 5.74) is 2.39. The van der Waals surface area contributed by atoms with Crippen molar-refractivity contribution in [2.45, 2.75) is 13.5 Å². The number of aromatic nitrogens is 4. The number of halogens is 1. The number of ether oxygens (including phenoxy) is 1. The molecule has 0 radical (unpaired) electrons. The summed E-state index contributed by atoms with van der Waals surface area (Å²) in [5.74, 6) is 0.152. The Hall–Kier alpha value is -2.93. The van der Waals surface area contributed by atoms with Gasteiger partial charge >= 0.3 is 0 Å². The number of methoxy groups -OCH3 is 1. The Morgan fingerprint density at radius 1 is 1.32 bits per heavy atom. The highest BCUT2D eigenvalue weighted by Gasteiger charge is 2.17. The van der Waals surface area contributed by atoms with Gasteiger partial charge in [-0.2, -0.15) is 0 Å². The molecule has 1 amide bonds. The van der Waals surface area contributed by atoms with Crippen molar-refractivity contribution < 1.29 is 9.53 Å². The molecule has 0 spiro atoms. The zero-order valence-electron chi connectivity index (χ0n) is 13.7. The van der Waals surface area contributed by atoms with E-state index in [0.717, 1.165) is 11.3 Å². The Morgan fingerprint density at radius 3 is 2.92 bits per heavy atom. The van der Waals surface area contributed by atoms with Crippen molar-refractivity contribution in [2.75, 3.05) is 7.11 Å². The molecule has 25 heavy (non-hydrogen) atoms. The molecule has 7 nitrogen and oxygen atoms in total. The minimum Gasteiger partial charge on any atom is -0.481 e. The number of carbonyl (C=O) groups is 1. The molecular formula is C17H16ClN5O2. The lowest BCUT2D eigenvalue weighted by Crippen LogP contribution is -2.24. The lowest BCUT2D eigenvalue weighted by Gasteiger charge is -2.08. The van der Waals surface area contributed by atoms with Crippen molar-refractivity contribution in [3.63, 3.8) is 0 Å². The van der Waals surface area contributed by atoms with E-state index in [0.29, 0.717) is 16.6 Å². The first-order valence-electron chi connectivity index (χ1n) is 7.54. The van der Waals surface area contributed by atoms with Gasteiger partial charge in [-0.1, -0.05) is 28.9 Å². The smallest absolute Gasteiger partial charge is 0.274 e. The van der Waals surface area contributed by atoms with E-state index in [-0.39, 0.29) is 18.1 Å². The molecule has 1 N–H and O–H groups in total. The molecule has 3 aromatic rings. The first-order chi connectivity index (χ1) is 12.1. The quantitative estimate of drug-likeness (QED) is 0.758. The molecule has 2 aromatic heterocycles. The molecule has 0 aliphatic heterocycles. The Morgan fingerprint density at radius 2 is 2.16 bits per heavy atom. The van der Waals surface area contributed by atoms with Gasteiger partial charge in [0.25, 0.3) is 5.91 Å². The van der Waals surface area contributed by atoms with Crippen LogP contribution in [0.2, 0.25) is 5.02 Å². The number of amides is 1. The van der Waals surface area contributed by atoms with Crippen LogP contribution in [-0.2, 0) is 6.54 Å². The summed E-state index contributed by atoms with van der Waals surface area (Å²) >= 11 is 6.00. The molecule has 0 unspecified atom stereocenters. The van der Waals surface area contributed by atoms with Crippen molar-refractivity contribution in [1.29, 1.82) is 0 Å². The second kappa shape index (κ2) is 7.31. The second-order valence-corrected chi connectivity index (χ2v) is 5.71. The van der Waals surface area contributed by atoms with E-state index in [1.807, 2.05) is 18.2 Å². The van der Waals surface area contributed by atoms with Crippen LogP contribution in [0.1, 0.15) is 21.7 Å². The van der Waals surface area contributed by atoms with Gasteiger partial charge in [0.2, 0.25) is 5.88 Å². The van der Waals surface area contributed by atoms with Crippen molar-refractivity contribution in [1.82, 2.24) is 25.3 Å². The largest absolute Gasteiger partial charge is 0.481 e. The third-order valence-corrected chi connectivity index (χ3v) is 3.88. The first-order valence-corrected chi connectivity index (χ1v) is 7.92. The number of benzene rings is 1. The number of nitrogens with one attached hydrogen (secondary N) is 1. The number of pyridine rings is 1. The third kappa shape index (κ3) is 3.61. The standard InChI is InChI=1S/C17H16ClN5O2/c1-11-15(21-22-23(11)14-7-3-6-13(18)9-14)16(24)20-10-12-5-4-8-19-17(12)25-2/h3-9H,10H2,1-2H3,(H,20,24). The molecule has 0 bridgehead atoms. The maximum Gasteiger partial charge on any atom is 0.274 e. The van der Waals surface area contributed by atoms with Gasteiger partial charge in [0.15, 0.2) is 5.69 Å². The van der Waals surface area contributed by atoms with Crippen LogP contribution in [0.25, 0.3) is 5.69 Å². The first kappa shape index (κ1) is 16.9. The molecular weight excluding hydrogens is 342 g/mol. The lowest BCUT2D eigenvalue weighted by molar-refractivity contribution is 0.0945. The highest BCUT2D eigenvalue weighted by Crippen LogP contribution is 2.17. The maximum atomic E-state index is 12.4. The zero-order valence-corrected chi connectivity index (χ0v) is 14.5. The predicted molar refractivity (Wildman–Crippen MR) is 93.1 cm³/mol. The van der Waals surface area contributed by atoms with Crippen molar-refractivity contribution in [3.05, 3.63) is 64.6 Å². The Kier molecular flexibility index (Phi) is 4.95. The van der Waals surface area contributed by atoms with E-state index in [2.05, 4.69) is 20.6 Å². The summed E-state index contributed by atoms with van der Waals surface area (Å²) in [6, 6.07) is 10.8. The molecule has 0 saturated carbocycles. The number of nitrogens with zero attached hydrogens (tertiary/aromatic N) is 4. The van der Waals surface area contributed by atoms with Crippen molar-refractivity contribution in [2.24, 2.45) is 0 Å². The summed E-state index contributed by atoms with van der Waals surface area (Å²) < 4.78 is 6.75. The van der Waals surface area contributed by atoms with Gasteiger partial charge in [0.05, 0.1) is 18.5 Å². The van der Waals surface area contributed by atoms with E-state index in [4.69, 9.17) is 16.3 Å². The number of rotatable bonds is 5. The topological polar surface area (TPSA) is 81.9 Å². The summed E-state index contributed by atoms with van der Waals surface area (Å²) in [6.45, 7) is 2.06. The molecule has 0 fully saturated rings. The average molecular weight is 358 g/mol. The van der Waals surface area contributed by atoms with E-state index >= 15 is 0 Å². The SMILES string of the molecule is COc1ncccc1CNC(=O)c1nnn(-c2cccc(Cl)c2)c1C. The highest BCUT2D eigenvalue weighted by molar-refractivity contribution is 6.30. The van der Waals surface area contributed by atoms with Crippen LogP contribution < -0.4 is 10.1 Å². The molecule has 128 valence electrons. The van der Waals surface area contributed by atoms with Crippen LogP contribution >= 0.6 is 11.6 Å². The van der Waals surface area contributed by atoms with E-state index in [9.17, 15) is 4.79 Å². The second-order valence-electron chi connectivity index (χ2n) is 5.27. The molecule has 0 saturated heterocycles. The summed E-state index contributed by atoms with van der Waals surface area (Å²) in [4.78, 5) is 16.5. The maximum absolute atomic E-state index is 12.4. The van der Waals surface area contributed by atoms with Crippen molar-refractivity contribution >= 4 is 17.5 Å². The fourth-order valence-corrected chi connectivity index (χ4v) is 2.58. The van der Waals surface area contributed by atoms with Gasteiger partial charge < -0.3 is 10.1 Å². The van der Waals surface area contributed by atoms with E-state index in [1.165, 1.54) is 7.11 Å². The third-order valence-electron chi connectivity index (χ3n) is 3.65. The van der Waals surface area contributed by atoms with Gasteiger partial charge in [0.1, 0.15) is 0 Å². The molecule has 2 heterocycles. The fraction of sp³-hybridized carbons (Fsp3) is 0.176. The average Bonchev–Trinajstić information content (AvgIpc) is 3.01. The minimum atomic E-state index is -0.323. The minimum absolute atomic E-state index is 0.253. The molecule has 0 atom stereocenters. The molecule has 3 rings (SSSR count). The molecule has 0 aliphatic rings. The van der Waals surface area contributed by atoms with E-state index < -0.39 is 0 Å². The number of hydrogen-bond donors (Lipinski definition) is 1. The number of hydrogen-bond acceptors (Lipinski definition) is 5. The summed E-state index contributed by atoms with van der Waals surface area (Å²) in [5, 5.41) is 11.4. The molecule has 1 aromatic carbocycles. The Labute approximate surface area is 149 Å². The van der Waals surface area contributed by atoms with Gasteiger partial charge in [-0.25, -0.2) is 9.67 Å². The summed E-state index contributed by atoms with van der Waals surface area (Å²) in [7, 11) is 1.54. The van der Waals surface area contributed by atoms with Crippen molar-refractivity contribution in [3.8, 4) is 11.6 Å². The molecule has 0 aliphatic carbocycles. The predicted octanol–water partition coefficient (Wildman–Crippen LogP) is 2.56. The highest BCUT2D eigenvalue weighted by atomic mass is 35.5. The number of carbonyl (C=O) groups excluding carboxylic acids is 1. The van der Waals surface area contributed by atoms with Gasteiger partial charge in [-0.05, 0) is 31.2 Å². The Balaban J connectivity index is 1.77. The van der Waals surface area contributed by atoms with Crippen LogP contribution in [0.4, 0.5) is 0 Å². The molecule has 8 heteroatoms. The van der Waals surface area contributed by atoms with Gasteiger partial charge in [0, 0.05) is 23.3 Å². The van der Waals surface area contributed by atoms with Crippen LogP contribution in [0, 0.1) is 6.92 Å².